The Morgan fingerprint density at radius 2 is 0.697 bits per heavy atom. The maximum atomic E-state index is 13.2. The fraction of sp³-hybridized carbons (Fsp3) is 0.838. The van der Waals surface area contributed by atoms with Crippen molar-refractivity contribution in [2.75, 3.05) is 13.2 Å². The Morgan fingerprint density at radius 3 is 1.03 bits per heavy atom. The van der Waals surface area contributed by atoms with Crippen LogP contribution in [-0.4, -0.2) is 87.5 Å². The highest BCUT2D eigenvalue weighted by atomic mass is 16.7. The van der Waals surface area contributed by atoms with Gasteiger partial charge in [-0.3, -0.25) is 4.79 Å². The van der Waals surface area contributed by atoms with Crippen LogP contribution in [0.15, 0.2) is 72.9 Å². The minimum absolute atomic E-state index is 0.136. The monoisotopic (exact) mass is 1250 g/mol. The van der Waals surface area contributed by atoms with E-state index in [4.69, 9.17) is 9.47 Å². The molecule has 1 amide bonds. The molecule has 7 unspecified atom stereocenters. The van der Waals surface area contributed by atoms with Crippen LogP contribution in [0.2, 0.25) is 0 Å². The van der Waals surface area contributed by atoms with Crippen molar-refractivity contribution in [1.82, 2.24) is 5.32 Å². The van der Waals surface area contributed by atoms with Crippen molar-refractivity contribution < 1.29 is 39.8 Å². The molecule has 9 nitrogen and oxygen atoms in total. The molecule has 0 aromatic rings. The van der Waals surface area contributed by atoms with Gasteiger partial charge in [-0.05, 0) is 64.2 Å². The molecule has 0 radical (unpaired) electrons. The minimum atomic E-state index is -1.56. The zero-order chi connectivity index (χ0) is 64.2. The molecular formula is C80H147NO8. The molecule has 0 bridgehead atoms. The van der Waals surface area contributed by atoms with E-state index in [-0.39, 0.29) is 12.5 Å². The summed E-state index contributed by atoms with van der Waals surface area (Å²) in [6.07, 6.45) is 89.9. The quantitative estimate of drug-likeness (QED) is 0.0261. The molecule has 0 saturated carbocycles. The van der Waals surface area contributed by atoms with E-state index in [1.807, 2.05) is 0 Å². The number of rotatable bonds is 68. The lowest BCUT2D eigenvalue weighted by molar-refractivity contribution is -0.302. The largest absolute Gasteiger partial charge is 0.394 e. The zero-order valence-corrected chi connectivity index (χ0v) is 58.4. The lowest BCUT2D eigenvalue weighted by Crippen LogP contribution is -2.60. The molecule has 9 heteroatoms. The number of allylic oxidation sites excluding steroid dienone is 12. The number of amides is 1. The topological polar surface area (TPSA) is 149 Å². The van der Waals surface area contributed by atoms with Crippen molar-refractivity contribution in [3.63, 3.8) is 0 Å². The maximum Gasteiger partial charge on any atom is 0.220 e. The van der Waals surface area contributed by atoms with E-state index >= 15 is 0 Å². The first kappa shape index (κ1) is 84.6. The van der Waals surface area contributed by atoms with E-state index in [0.717, 1.165) is 77.0 Å². The number of nitrogens with one attached hydrogen (secondary N) is 1. The van der Waals surface area contributed by atoms with E-state index in [0.29, 0.717) is 12.8 Å². The third kappa shape index (κ3) is 56.9. The van der Waals surface area contributed by atoms with Gasteiger partial charge in [0.1, 0.15) is 24.4 Å². The van der Waals surface area contributed by atoms with Gasteiger partial charge in [-0.2, -0.15) is 0 Å². The predicted octanol–water partition coefficient (Wildman–Crippen LogP) is 21.9. The molecule has 0 aromatic carbocycles. The van der Waals surface area contributed by atoms with E-state index in [2.05, 4.69) is 92.1 Å². The Balaban J connectivity index is 2.07. The Morgan fingerprint density at radius 1 is 0.393 bits per heavy atom. The average Bonchev–Trinajstić information content (AvgIpc) is 2.28. The van der Waals surface area contributed by atoms with E-state index < -0.39 is 49.5 Å². The van der Waals surface area contributed by atoms with Gasteiger partial charge in [-0.1, -0.05) is 376 Å². The predicted molar refractivity (Wildman–Crippen MR) is 382 cm³/mol. The summed E-state index contributed by atoms with van der Waals surface area (Å²) in [5.41, 5.74) is 0. The number of unbranched alkanes of at least 4 members (excludes halogenated alkanes) is 46. The van der Waals surface area contributed by atoms with E-state index in [9.17, 15) is 30.3 Å². The zero-order valence-electron chi connectivity index (χ0n) is 58.4. The molecule has 1 aliphatic heterocycles. The summed E-state index contributed by atoms with van der Waals surface area (Å²) in [4.78, 5) is 13.2. The molecule has 1 fully saturated rings. The van der Waals surface area contributed by atoms with Crippen LogP contribution in [0.5, 0.6) is 0 Å². The summed E-state index contributed by atoms with van der Waals surface area (Å²) in [7, 11) is 0. The Kier molecular flexibility index (Phi) is 65.1. The van der Waals surface area contributed by atoms with Crippen LogP contribution in [0.4, 0.5) is 0 Å². The van der Waals surface area contributed by atoms with Crippen molar-refractivity contribution in [2.24, 2.45) is 0 Å². The highest BCUT2D eigenvalue weighted by molar-refractivity contribution is 5.76. The summed E-state index contributed by atoms with van der Waals surface area (Å²) < 4.78 is 11.4. The van der Waals surface area contributed by atoms with Gasteiger partial charge in [0.05, 0.1) is 25.4 Å². The van der Waals surface area contributed by atoms with Gasteiger partial charge in [-0.15, -0.1) is 0 Å². The third-order valence-corrected chi connectivity index (χ3v) is 18.3. The van der Waals surface area contributed by atoms with Crippen molar-refractivity contribution in [3.05, 3.63) is 72.9 Å². The lowest BCUT2D eigenvalue weighted by Gasteiger charge is -2.40. The van der Waals surface area contributed by atoms with Crippen LogP contribution in [0, 0.1) is 0 Å². The van der Waals surface area contributed by atoms with Crippen LogP contribution >= 0.6 is 0 Å². The van der Waals surface area contributed by atoms with Crippen LogP contribution in [0.1, 0.15) is 373 Å². The molecule has 6 N–H and O–H groups in total. The second-order valence-electron chi connectivity index (χ2n) is 26.8. The van der Waals surface area contributed by atoms with Crippen molar-refractivity contribution in [1.29, 1.82) is 0 Å². The molecule has 1 saturated heterocycles. The first-order chi connectivity index (χ1) is 43.8. The van der Waals surface area contributed by atoms with Crippen LogP contribution in [0.25, 0.3) is 0 Å². The normalized spacial score (nSPS) is 18.2. The minimum Gasteiger partial charge on any atom is -0.394 e. The molecule has 1 rings (SSSR count). The fourth-order valence-electron chi connectivity index (χ4n) is 12.3. The summed E-state index contributed by atoms with van der Waals surface area (Å²) in [6, 6.07) is -0.723. The van der Waals surface area contributed by atoms with Gasteiger partial charge in [0.25, 0.3) is 0 Å². The molecule has 0 spiro atoms. The molecule has 1 aliphatic rings. The first-order valence-corrected chi connectivity index (χ1v) is 38.6. The lowest BCUT2D eigenvalue weighted by atomic mass is 9.99. The molecule has 0 aromatic heterocycles. The fourth-order valence-corrected chi connectivity index (χ4v) is 12.3. The Bertz CT molecular complexity index is 1640. The van der Waals surface area contributed by atoms with Gasteiger partial charge in [0.2, 0.25) is 5.91 Å². The molecule has 89 heavy (non-hydrogen) atoms. The number of carbonyl (C=O) groups excluding carboxylic acids is 1. The summed E-state index contributed by atoms with van der Waals surface area (Å²) in [5.74, 6) is -0.138. The SMILES string of the molecule is CC/C=C\C/C=C\C/C=C\C/C=C\C/C=C\C/C=C\CCCCCCCCCCCCCCCCCCCCC(=O)NC(COC1OC(CO)C(O)C(O)C1O)C(O)CCCCCCCCCCCCCCCCCCCCCCCCCCCCCCC. The van der Waals surface area contributed by atoms with Gasteiger partial charge in [-0.25, -0.2) is 0 Å². The van der Waals surface area contributed by atoms with Crippen LogP contribution in [-0.2, 0) is 14.3 Å². The van der Waals surface area contributed by atoms with E-state index in [1.165, 1.54) is 270 Å². The summed E-state index contributed by atoms with van der Waals surface area (Å²) >= 11 is 0. The van der Waals surface area contributed by atoms with Gasteiger partial charge < -0.3 is 40.3 Å². The number of carbonyl (C=O) groups is 1. The van der Waals surface area contributed by atoms with Gasteiger partial charge in [0.15, 0.2) is 6.29 Å². The molecule has 1 heterocycles. The van der Waals surface area contributed by atoms with Gasteiger partial charge in [0, 0.05) is 6.42 Å². The number of aliphatic hydroxyl groups excluding tert-OH is 5. The maximum absolute atomic E-state index is 13.2. The molecule has 0 aliphatic carbocycles. The van der Waals surface area contributed by atoms with E-state index in [1.54, 1.807) is 0 Å². The Hall–Kier alpha value is -2.37. The number of hydrogen-bond acceptors (Lipinski definition) is 8. The number of ether oxygens (including phenoxy) is 2. The molecule has 7 atom stereocenters. The van der Waals surface area contributed by atoms with Crippen molar-refractivity contribution in [3.8, 4) is 0 Å². The average molecular weight is 1250 g/mol. The Labute approximate surface area is 550 Å². The standard InChI is InChI=1S/C80H147NO8/c1-3-5-7-9-11-13-15-17-19-21-23-25-27-29-31-33-34-35-36-37-38-39-40-42-44-46-48-50-52-54-56-58-60-62-64-66-68-70-76(84)81-73(72-88-80-79(87)78(86)77(85)75(71-82)89-80)74(83)69-67-65-63-61-59-57-55-53-51-49-47-45-43-41-32-30-28-26-24-22-20-18-16-14-12-10-8-6-4-2/h5,7,11,13,17,19,23,25,29,31,34-35,73-75,77-80,82-83,85-87H,3-4,6,8-10,12,14-16,18,20-22,24,26-28,30,32-33,36-72H2,1-2H3,(H,81,84)/b7-5-,13-11-,19-17-,25-23-,31-29-,35-34-. The summed E-state index contributed by atoms with van der Waals surface area (Å²) in [6.45, 7) is 3.78. The third-order valence-electron chi connectivity index (χ3n) is 18.3. The molecular weight excluding hydrogens is 1100 g/mol. The van der Waals surface area contributed by atoms with Crippen LogP contribution in [0.3, 0.4) is 0 Å². The van der Waals surface area contributed by atoms with Crippen molar-refractivity contribution >= 4 is 5.91 Å². The smallest absolute Gasteiger partial charge is 0.220 e. The second kappa shape index (κ2) is 68.5. The number of hydrogen-bond donors (Lipinski definition) is 6. The van der Waals surface area contributed by atoms with Crippen molar-refractivity contribution in [2.45, 2.75) is 416 Å². The van der Waals surface area contributed by atoms with Crippen LogP contribution < -0.4 is 5.32 Å². The highest BCUT2D eigenvalue weighted by Crippen LogP contribution is 2.24. The second-order valence-corrected chi connectivity index (χ2v) is 26.8. The summed E-state index contributed by atoms with van der Waals surface area (Å²) in [5, 5.41) is 55.1. The highest BCUT2D eigenvalue weighted by Gasteiger charge is 2.44. The number of aliphatic hydroxyl groups is 5. The van der Waals surface area contributed by atoms with Gasteiger partial charge >= 0.3 is 0 Å². The molecule has 520 valence electrons. The first-order valence-electron chi connectivity index (χ1n) is 38.6.